The van der Waals surface area contributed by atoms with Crippen LogP contribution in [-0.4, -0.2) is 9.97 Å². The fourth-order valence-corrected chi connectivity index (χ4v) is 1.89. The van der Waals surface area contributed by atoms with Crippen LogP contribution in [0.2, 0.25) is 5.02 Å². The van der Waals surface area contributed by atoms with Crippen LogP contribution in [-0.2, 0) is 6.42 Å². The van der Waals surface area contributed by atoms with Gasteiger partial charge in [-0.25, -0.2) is 9.37 Å². The van der Waals surface area contributed by atoms with Gasteiger partial charge in [-0.3, -0.25) is 0 Å². The second-order valence-corrected chi connectivity index (χ2v) is 4.18. The van der Waals surface area contributed by atoms with Gasteiger partial charge in [-0.2, -0.15) is 4.98 Å². The van der Waals surface area contributed by atoms with Crippen molar-refractivity contribution in [3.8, 4) is 11.1 Å². The van der Waals surface area contributed by atoms with Crippen LogP contribution >= 0.6 is 11.6 Å². The van der Waals surface area contributed by atoms with Gasteiger partial charge in [0.25, 0.3) is 0 Å². The lowest BCUT2D eigenvalue weighted by Crippen LogP contribution is -2.06. The highest BCUT2D eigenvalue weighted by atomic mass is 35.5. The molecule has 0 saturated heterocycles. The number of nitrogens with zero attached hydrogens (tertiary/aromatic N) is 2. The van der Waals surface area contributed by atoms with Crippen LogP contribution in [0.1, 0.15) is 12.6 Å². The first-order valence-electron chi connectivity index (χ1n) is 5.40. The Morgan fingerprint density at radius 2 is 2.00 bits per heavy atom. The second kappa shape index (κ2) is 4.78. The van der Waals surface area contributed by atoms with Crippen molar-refractivity contribution in [3.05, 3.63) is 34.7 Å². The number of nitrogen functional groups attached to an aromatic ring is 2. The highest BCUT2D eigenvalue weighted by Crippen LogP contribution is 2.30. The maximum absolute atomic E-state index is 13.5. The van der Waals surface area contributed by atoms with Crippen molar-refractivity contribution in [2.24, 2.45) is 0 Å². The lowest BCUT2D eigenvalue weighted by Gasteiger charge is -2.11. The lowest BCUT2D eigenvalue weighted by molar-refractivity contribution is 0.629. The van der Waals surface area contributed by atoms with Crippen LogP contribution in [0.15, 0.2) is 18.2 Å². The van der Waals surface area contributed by atoms with Crippen molar-refractivity contribution in [2.45, 2.75) is 13.3 Å². The molecule has 1 aromatic carbocycles. The van der Waals surface area contributed by atoms with Crippen molar-refractivity contribution in [1.29, 1.82) is 0 Å². The van der Waals surface area contributed by atoms with Crippen LogP contribution in [0.25, 0.3) is 11.1 Å². The van der Waals surface area contributed by atoms with Crippen molar-refractivity contribution in [2.75, 3.05) is 11.5 Å². The molecule has 0 fully saturated rings. The number of hydrogen-bond donors (Lipinski definition) is 2. The van der Waals surface area contributed by atoms with E-state index in [0.29, 0.717) is 23.2 Å². The molecule has 0 unspecified atom stereocenters. The van der Waals surface area contributed by atoms with Gasteiger partial charge in [0.05, 0.1) is 10.7 Å². The van der Waals surface area contributed by atoms with Crippen LogP contribution < -0.4 is 11.5 Å². The predicted molar refractivity (Wildman–Crippen MR) is 70.6 cm³/mol. The Morgan fingerprint density at radius 1 is 1.28 bits per heavy atom. The van der Waals surface area contributed by atoms with Crippen LogP contribution in [0.3, 0.4) is 0 Å². The Kier molecular flexibility index (Phi) is 3.34. The Morgan fingerprint density at radius 3 is 2.61 bits per heavy atom. The molecule has 2 rings (SSSR count). The van der Waals surface area contributed by atoms with E-state index in [-0.39, 0.29) is 16.8 Å². The van der Waals surface area contributed by atoms with Gasteiger partial charge < -0.3 is 11.5 Å². The molecule has 0 aliphatic rings. The Bertz CT molecular complexity index is 601. The minimum atomic E-state index is -0.507. The maximum Gasteiger partial charge on any atom is 0.222 e. The summed E-state index contributed by atoms with van der Waals surface area (Å²) in [6.45, 7) is 1.91. The van der Waals surface area contributed by atoms with Gasteiger partial charge in [0.2, 0.25) is 5.95 Å². The molecule has 0 atom stereocenters. The molecule has 18 heavy (non-hydrogen) atoms. The summed E-state index contributed by atoms with van der Waals surface area (Å²) >= 11 is 5.65. The molecule has 0 spiro atoms. The van der Waals surface area contributed by atoms with E-state index < -0.39 is 5.82 Å². The highest BCUT2D eigenvalue weighted by molar-refractivity contribution is 6.30. The molecule has 0 saturated carbocycles. The molecule has 0 bridgehead atoms. The molecule has 4 N–H and O–H groups in total. The summed E-state index contributed by atoms with van der Waals surface area (Å²) in [5.74, 6) is -0.156. The molecular formula is C12H12ClFN4. The van der Waals surface area contributed by atoms with E-state index in [0.717, 1.165) is 0 Å². The molecule has 2 aromatic rings. The molecule has 94 valence electrons. The number of nitrogens with two attached hydrogens (primary N) is 2. The molecule has 0 aliphatic carbocycles. The zero-order chi connectivity index (χ0) is 13.3. The van der Waals surface area contributed by atoms with E-state index >= 15 is 0 Å². The van der Waals surface area contributed by atoms with Crippen LogP contribution in [0.4, 0.5) is 16.2 Å². The summed E-state index contributed by atoms with van der Waals surface area (Å²) in [6, 6.07) is 4.46. The topological polar surface area (TPSA) is 77.8 Å². The summed E-state index contributed by atoms with van der Waals surface area (Å²) in [6.07, 6.45) is 0.622. The fraction of sp³-hybridized carbons (Fsp3) is 0.167. The number of rotatable bonds is 2. The molecular weight excluding hydrogens is 255 g/mol. The summed E-state index contributed by atoms with van der Waals surface area (Å²) in [7, 11) is 0. The largest absolute Gasteiger partial charge is 0.383 e. The quantitative estimate of drug-likeness (QED) is 0.876. The van der Waals surface area contributed by atoms with E-state index in [4.69, 9.17) is 23.1 Å². The van der Waals surface area contributed by atoms with Crippen LogP contribution in [0.5, 0.6) is 0 Å². The van der Waals surface area contributed by atoms with Gasteiger partial charge in [-0.1, -0.05) is 24.6 Å². The minimum absolute atomic E-state index is 0.0618. The zero-order valence-electron chi connectivity index (χ0n) is 9.74. The molecule has 0 radical (unpaired) electrons. The van der Waals surface area contributed by atoms with E-state index in [1.54, 1.807) is 6.07 Å². The highest BCUT2D eigenvalue weighted by Gasteiger charge is 2.13. The molecule has 0 aliphatic heterocycles. The average molecular weight is 267 g/mol. The van der Waals surface area contributed by atoms with Gasteiger partial charge in [-0.15, -0.1) is 0 Å². The Hall–Kier alpha value is -1.88. The molecule has 1 heterocycles. The number of aryl methyl sites for hydroxylation is 1. The number of benzene rings is 1. The van der Waals surface area contributed by atoms with E-state index in [2.05, 4.69) is 9.97 Å². The SMILES string of the molecule is CCc1nc(N)nc(N)c1-c1ccc(Cl)c(F)c1. The lowest BCUT2D eigenvalue weighted by atomic mass is 10.0. The van der Waals surface area contributed by atoms with Gasteiger partial charge in [0, 0.05) is 5.56 Å². The molecule has 0 amide bonds. The van der Waals surface area contributed by atoms with Gasteiger partial charge in [-0.05, 0) is 24.1 Å². The third kappa shape index (κ3) is 2.22. The summed E-state index contributed by atoms with van der Waals surface area (Å²) < 4.78 is 13.5. The first kappa shape index (κ1) is 12.6. The van der Waals surface area contributed by atoms with Crippen LogP contribution in [0, 0.1) is 5.82 Å². The van der Waals surface area contributed by atoms with E-state index in [9.17, 15) is 4.39 Å². The van der Waals surface area contributed by atoms with Crippen molar-refractivity contribution < 1.29 is 4.39 Å². The summed E-state index contributed by atoms with van der Waals surface area (Å²) in [5, 5.41) is 0.0618. The third-order valence-corrected chi connectivity index (χ3v) is 2.88. The zero-order valence-corrected chi connectivity index (χ0v) is 10.5. The molecule has 1 aromatic heterocycles. The molecule has 6 heteroatoms. The van der Waals surface area contributed by atoms with Gasteiger partial charge in [0.15, 0.2) is 0 Å². The standard InChI is InChI=1S/C12H12ClFN4/c1-2-9-10(11(15)18-12(16)17-9)6-3-4-7(13)8(14)5-6/h3-5H,2H2,1H3,(H4,15,16,17,18). The monoisotopic (exact) mass is 266 g/mol. The molecule has 4 nitrogen and oxygen atoms in total. The summed E-state index contributed by atoms with van der Waals surface area (Å²) in [4.78, 5) is 8.01. The number of hydrogen-bond acceptors (Lipinski definition) is 4. The predicted octanol–water partition coefficient (Wildman–Crippen LogP) is 2.66. The third-order valence-electron chi connectivity index (χ3n) is 2.57. The Labute approximate surface area is 109 Å². The van der Waals surface area contributed by atoms with Crippen molar-refractivity contribution in [3.63, 3.8) is 0 Å². The number of anilines is 2. The first-order valence-corrected chi connectivity index (χ1v) is 5.78. The van der Waals surface area contributed by atoms with Crippen molar-refractivity contribution >= 4 is 23.4 Å². The smallest absolute Gasteiger partial charge is 0.222 e. The first-order chi connectivity index (χ1) is 8.52. The average Bonchev–Trinajstić information content (AvgIpc) is 2.32. The van der Waals surface area contributed by atoms with E-state index in [1.165, 1.54) is 12.1 Å². The van der Waals surface area contributed by atoms with E-state index in [1.807, 2.05) is 6.92 Å². The number of halogens is 2. The second-order valence-electron chi connectivity index (χ2n) is 3.77. The minimum Gasteiger partial charge on any atom is -0.383 e. The van der Waals surface area contributed by atoms with Gasteiger partial charge in [0.1, 0.15) is 11.6 Å². The van der Waals surface area contributed by atoms with Crippen molar-refractivity contribution in [1.82, 2.24) is 9.97 Å². The number of aromatic nitrogens is 2. The fourth-order valence-electron chi connectivity index (χ4n) is 1.77. The maximum atomic E-state index is 13.5. The Balaban J connectivity index is 2.66. The normalized spacial score (nSPS) is 10.6. The van der Waals surface area contributed by atoms with Gasteiger partial charge >= 0.3 is 0 Å². The summed E-state index contributed by atoms with van der Waals surface area (Å²) in [5.41, 5.74) is 13.2.